The van der Waals surface area contributed by atoms with Crippen molar-refractivity contribution >= 4 is 17.0 Å². The van der Waals surface area contributed by atoms with E-state index < -0.39 is 20.8 Å². The van der Waals surface area contributed by atoms with E-state index in [-0.39, 0.29) is 37.9 Å². The van der Waals surface area contributed by atoms with Crippen LogP contribution in [-0.4, -0.2) is 26.4 Å². The van der Waals surface area contributed by atoms with Crippen molar-refractivity contribution in [3.05, 3.63) is 86.6 Å². The van der Waals surface area contributed by atoms with Crippen LogP contribution >= 0.6 is 17.0 Å². The molecule has 2 nitrogen and oxygen atoms in total. The fourth-order valence-electron chi connectivity index (χ4n) is 12.1. The maximum absolute atomic E-state index is 6.50. The number of halogens is 2. The fraction of sp³-hybridized carbons (Fsp3) is 0.689. The molecule has 0 bridgehead atoms. The molecule has 14 unspecified atom stereocenters. The van der Waals surface area contributed by atoms with Crippen LogP contribution in [-0.2, 0) is 30.3 Å². The normalized spacial score (nSPS) is 37.9. The number of rotatable bonds is 6. The van der Waals surface area contributed by atoms with Crippen LogP contribution in [0.5, 0.6) is 0 Å². The fourth-order valence-corrected chi connectivity index (χ4v) is 12.1. The SMILES string of the molecule is COC1C(c2ccccc2)C2CC(C)C(CC3C(C)CC4C3CC(C(C)(C)C)C(OC)C4c3ccccc3)C2CC1C(C)(C)C.[CH3-].[CH3-].[Cl][Zr+2][Cl]. The van der Waals surface area contributed by atoms with Gasteiger partial charge in [-0.3, -0.25) is 0 Å². The number of methoxy groups -OCH3 is 2. The van der Waals surface area contributed by atoms with E-state index in [1.54, 1.807) is 0 Å². The molecular formula is C45H70Cl2O2Zr. The Hall–Kier alpha value is -0.177. The van der Waals surface area contributed by atoms with E-state index in [0.717, 1.165) is 35.5 Å². The van der Waals surface area contributed by atoms with E-state index in [0.29, 0.717) is 35.5 Å². The van der Waals surface area contributed by atoms with E-state index in [9.17, 15) is 0 Å². The Labute approximate surface area is 327 Å². The van der Waals surface area contributed by atoms with Gasteiger partial charge in [-0.25, -0.2) is 0 Å². The zero-order valence-electron chi connectivity index (χ0n) is 33.5. The molecule has 0 aliphatic heterocycles. The molecule has 50 heavy (non-hydrogen) atoms. The Morgan fingerprint density at radius 2 is 0.900 bits per heavy atom. The van der Waals surface area contributed by atoms with Gasteiger partial charge in [0, 0.05) is 26.1 Å². The Morgan fingerprint density at radius 1 is 0.580 bits per heavy atom. The van der Waals surface area contributed by atoms with Gasteiger partial charge in [0.05, 0.1) is 12.2 Å². The molecule has 280 valence electrons. The molecule has 0 saturated heterocycles. The topological polar surface area (TPSA) is 18.5 Å². The number of fused-ring (bicyclic) bond motifs is 2. The summed E-state index contributed by atoms with van der Waals surface area (Å²) in [7, 11) is 13.8. The molecule has 0 aromatic heterocycles. The van der Waals surface area contributed by atoms with Gasteiger partial charge in [0.1, 0.15) is 0 Å². The average molecular weight is 805 g/mol. The summed E-state index contributed by atoms with van der Waals surface area (Å²) in [5, 5.41) is 0. The minimum atomic E-state index is -0.826. The van der Waals surface area contributed by atoms with E-state index in [1.165, 1.54) is 43.2 Å². The number of benzene rings is 2. The zero-order chi connectivity index (χ0) is 35.0. The van der Waals surface area contributed by atoms with Gasteiger partial charge in [0.15, 0.2) is 0 Å². The Bertz CT molecular complexity index is 1180. The molecule has 2 aromatic carbocycles. The summed E-state index contributed by atoms with van der Waals surface area (Å²) in [5.41, 5.74) is 3.46. The predicted octanol–water partition coefficient (Wildman–Crippen LogP) is 13.2. The van der Waals surface area contributed by atoms with Crippen LogP contribution in [0.1, 0.15) is 110 Å². The van der Waals surface area contributed by atoms with Crippen LogP contribution in [0, 0.1) is 84.9 Å². The molecule has 4 fully saturated rings. The van der Waals surface area contributed by atoms with Gasteiger partial charge < -0.3 is 24.3 Å². The van der Waals surface area contributed by atoms with Crippen LogP contribution in [0.2, 0.25) is 0 Å². The number of hydrogen-bond donors (Lipinski definition) is 0. The molecule has 4 aliphatic rings. The van der Waals surface area contributed by atoms with Gasteiger partial charge in [-0.1, -0.05) is 116 Å². The minimum absolute atomic E-state index is 0. The first-order valence-electron chi connectivity index (χ1n) is 18.9. The monoisotopic (exact) mass is 802 g/mol. The van der Waals surface area contributed by atoms with Gasteiger partial charge >= 0.3 is 37.9 Å². The van der Waals surface area contributed by atoms with Gasteiger partial charge in [0.25, 0.3) is 0 Å². The second-order valence-corrected chi connectivity index (χ2v) is 22.1. The molecule has 0 amide bonds. The summed E-state index contributed by atoms with van der Waals surface area (Å²) >= 11 is -0.826. The summed E-state index contributed by atoms with van der Waals surface area (Å²) in [6.07, 6.45) is 7.34. The zero-order valence-corrected chi connectivity index (χ0v) is 37.4. The second-order valence-electron chi connectivity index (χ2n) is 18.4. The third-order valence-corrected chi connectivity index (χ3v) is 14.1. The first-order valence-corrected chi connectivity index (χ1v) is 25.2. The van der Waals surface area contributed by atoms with Crippen molar-refractivity contribution < 1.29 is 30.3 Å². The van der Waals surface area contributed by atoms with Gasteiger partial charge in [-0.15, -0.1) is 0 Å². The van der Waals surface area contributed by atoms with Gasteiger partial charge in [0.2, 0.25) is 0 Å². The quantitative estimate of drug-likeness (QED) is 0.271. The Kier molecular flexibility index (Phi) is 16.3. The molecule has 2 aromatic rings. The molecule has 4 saturated carbocycles. The van der Waals surface area contributed by atoms with Crippen molar-refractivity contribution in [3.63, 3.8) is 0 Å². The maximum atomic E-state index is 6.50. The van der Waals surface area contributed by atoms with Crippen LogP contribution in [0.4, 0.5) is 0 Å². The molecule has 4 aliphatic carbocycles. The Balaban J connectivity index is 0.00000131. The van der Waals surface area contributed by atoms with Crippen LogP contribution in [0.3, 0.4) is 0 Å². The van der Waals surface area contributed by atoms with Crippen LogP contribution in [0.15, 0.2) is 60.7 Å². The molecule has 0 heterocycles. The summed E-state index contributed by atoms with van der Waals surface area (Å²) in [6.45, 7) is 20.0. The van der Waals surface area contributed by atoms with E-state index in [2.05, 4.69) is 116 Å². The number of hydrogen-bond acceptors (Lipinski definition) is 2. The standard InChI is InChI=1S/C43H64O2.2CH3.2ClH.Zr/c1-26-21-34-32(24-36(42(3,4)5)40(44-9)38(34)28-17-13-11-14-18-28)30(26)23-31-27(2)22-35-33(31)25-37(43(6,7)8)41(45-10)39(35)29-19-15-12-16-20-29;;;;;/h11-20,26-27,30-41H,21-25H2,1-10H3;2*1H3;2*1H;/q;2*-1;;;+4/p-2. The first kappa shape index (κ1) is 44.2. The molecule has 0 spiro atoms. The molecule has 6 rings (SSSR count). The Morgan fingerprint density at radius 3 is 1.18 bits per heavy atom. The van der Waals surface area contributed by atoms with Crippen LogP contribution in [0.25, 0.3) is 0 Å². The van der Waals surface area contributed by atoms with E-state index >= 15 is 0 Å². The number of ether oxygens (including phenoxy) is 2. The summed E-state index contributed by atoms with van der Waals surface area (Å²) in [4.78, 5) is 0. The van der Waals surface area contributed by atoms with Crippen molar-refractivity contribution in [2.45, 2.75) is 112 Å². The van der Waals surface area contributed by atoms with Crippen LogP contribution < -0.4 is 0 Å². The van der Waals surface area contributed by atoms with Crippen molar-refractivity contribution in [1.29, 1.82) is 0 Å². The second kappa shape index (κ2) is 18.4. The van der Waals surface area contributed by atoms with E-state index in [1.807, 2.05) is 14.2 Å². The predicted molar refractivity (Wildman–Crippen MR) is 213 cm³/mol. The van der Waals surface area contributed by atoms with Crippen molar-refractivity contribution in [1.82, 2.24) is 0 Å². The van der Waals surface area contributed by atoms with Crippen molar-refractivity contribution in [3.8, 4) is 0 Å². The molecule has 5 heteroatoms. The summed E-state index contributed by atoms with van der Waals surface area (Å²) < 4.78 is 13.0. The van der Waals surface area contributed by atoms with Gasteiger partial charge in [-0.05, 0) is 113 Å². The molecule has 14 atom stereocenters. The molecular weight excluding hydrogens is 735 g/mol. The first-order chi connectivity index (χ1) is 22.8. The summed E-state index contributed by atoms with van der Waals surface area (Å²) in [5.74, 6) is 8.27. The molecule has 0 radical (unpaired) electrons. The average Bonchev–Trinajstić information content (AvgIpc) is 3.53. The summed E-state index contributed by atoms with van der Waals surface area (Å²) in [6, 6.07) is 22.9. The van der Waals surface area contributed by atoms with E-state index in [4.69, 9.17) is 26.5 Å². The van der Waals surface area contributed by atoms with Crippen molar-refractivity contribution in [2.24, 2.45) is 70.0 Å². The third kappa shape index (κ3) is 9.02. The van der Waals surface area contributed by atoms with Gasteiger partial charge in [-0.2, -0.15) is 0 Å². The van der Waals surface area contributed by atoms with Crippen molar-refractivity contribution in [2.75, 3.05) is 14.2 Å². The molecule has 0 N–H and O–H groups in total. The third-order valence-electron chi connectivity index (χ3n) is 14.1.